The van der Waals surface area contributed by atoms with Crippen molar-refractivity contribution in [1.29, 1.82) is 0 Å². The van der Waals surface area contributed by atoms with Gasteiger partial charge in [0.05, 0.1) is 6.67 Å². The predicted molar refractivity (Wildman–Crippen MR) is 148 cm³/mol. The molecule has 4 nitrogen and oxygen atoms in total. The summed E-state index contributed by atoms with van der Waals surface area (Å²) in [5.74, 6) is 2.13. The van der Waals surface area contributed by atoms with Crippen LogP contribution in [0.2, 0.25) is 0 Å². The van der Waals surface area contributed by atoms with Gasteiger partial charge in [0.2, 0.25) is 5.91 Å². The van der Waals surface area contributed by atoms with E-state index in [1.54, 1.807) is 0 Å². The molecular weight excluding hydrogens is 430 g/mol. The van der Waals surface area contributed by atoms with Gasteiger partial charge in [0.1, 0.15) is 5.54 Å². The zero-order valence-corrected chi connectivity index (χ0v) is 22.9. The van der Waals surface area contributed by atoms with Crippen molar-refractivity contribution in [2.24, 2.45) is 11.8 Å². The summed E-state index contributed by atoms with van der Waals surface area (Å²) in [7, 11) is 0. The number of benzene rings is 1. The molecule has 3 aliphatic rings. The Balaban J connectivity index is 1.36. The number of piperidine rings is 1. The molecule has 0 unspecified atom stereocenters. The second kappa shape index (κ2) is 12.6. The lowest BCUT2D eigenvalue weighted by atomic mass is 9.78. The minimum absolute atomic E-state index is 0.339. The molecule has 0 radical (unpaired) electrons. The van der Waals surface area contributed by atoms with E-state index in [1.807, 2.05) is 0 Å². The van der Waals surface area contributed by atoms with Crippen LogP contribution in [0.1, 0.15) is 104 Å². The quantitative estimate of drug-likeness (QED) is 0.316. The first-order valence-electron chi connectivity index (χ1n) is 14.9. The summed E-state index contributed by atoms with van der Waals surface area (Å²) in [4.78, 5) is 21.3. The first-order chi connectivity index (χ1) is 17.0. The Morgan fingerprint density at radius 1 is 0.886 bits per heavy atom. The Morgan fingerprint density at radius 2 is 1.51 bits per heavy atom. The highest BCUT2D eigenvalue weighted by Gasteiger charge is 2.53. The maximum atomic E-state index is 13.9. The Hall–Kier alpha value is -1.55. The minimum Gasteiger partial charge on any atom is -0.339 e. The van der Waals surface area contributed by atoms with E-state index in [9.17, 15) is 4.79 Å². The van der Waals surface area contributed by atoms with Gasteiger partial charge in [-0.25, -0.2) is 0 Å². The molecule has 35 heavy (non-hydrogen) atoms. The molecule has 0 atom stereocenters. The van der Waals surface area contributed by atoms with E-state index in [4.69, 9.17) is 0 Å². The van der Waals surface area contributed by atoms with Crippen molar-refractivity contribution >= 4 is 11.6 Å². The van der Waals surface area contributed by atoms with Gasteiger partial charge in [-0.05, 0) is 68.9 Å². The molecule has 1 aromatic rings. The second-order valence-electron chi connectivity index (χ2n) is 12.0. The van der Waals surface area contributed by atoms with Crippen LogP contribution in [0, 0.1) is 11.8 Å². The number of anilines is 1. The third-order valence-electron chi connectivity index (χ3n) is 9.44. The van der Waals surface area contributed by atoms with Crippen molar-refractivity contribution < 1.29 is 4.79 Å². The molecule has 2 heterocycles. The van der Waals surface area contributed by atoms with E-state index in [0.717, 1.165) is 63.4 Å². The van der Waals surface area contributed by atoms with E-state index in [0.29, 0.717) is 5.91 Å². The number of hydrogen-bond donors (Lipinski definition) is 0. The Kier molecular flexibility index (Phi) is 9.55. The molecule has 2 aliphatic heterocycles. The predicted octanol–water partition coefficient (Wildman–Crippen LogP) is 7.09. The lowest BCUT2D eigenvalue weighted by Crippen LogP contribution is -2.58. The fourth-order valence-electron chi connectivity index (χ4n) is 7.03. The summed E-state index contributed by atoms with van der Waals surface area (Å²) < 4.78 is 0. The van der Waals surface area contributed by atoms with Crippen molar-refractivity contribution in [1.82, 2.24) is 9.80 Å². The molecule has 2 saturated heterocycles. The number of carbonyl (C=O) groups excluding carboxylic acids is 1. The van der Waals surface area contributed by atoms with E-state index in [-0.39, 0.29) is 5.54 Å². The number of carbonyl (C=O) groups is 1. The molecule has 1 amide bonds. The summed E-state index contributed by atoms with van der Waals surface area (Å²) in [5.41, 5.74) is 0.877. The van der Waals surface area contributed by atoms with Crippen LogP contribution in [0.5, 0.6) is 0 Å². The molecule has 4 heteroatoms. The summed E-state index contributed by atoms with van der Waals surface area (Å²) in [6, 6.07) is 11.5. The smallest absolute Gasteiger partial charge is 0.250 e. The molecule has 4 rings (SSSR count). The molecule has 1 aromatic carbocycles. The molecule has 0 bridgehead atoms. The van der Waals surface area contributed by atoms with E-state index < -0.39 is 0 Å². The van der Waals surface area contributed by atoms with Crippen molar-refractivity contribution in [3.05, 3.63) is 30.3 Å². The van der Waals surface area contributed by atoms with Crippen LogP contribution in [-0.4, -0.2) is 53.6 Å². The molecule has 0 N–H and O–H groups in total. The van der Waals surface area contributed by atoms with Crippen molar-refractivity contribution in [2.75, 3.05) is 31.2 Å². The SMILES string of the molecule is CCCCCCCCCN1CN(c2ccccc2)C2(CCN(C3CCC(C(C)C)CC3)CC2)C1=O. The largest absolute Gasteiger partial charge is 0.339 e. The molecule has 1 saturated carbocycles. The highest BCUT2D eigenvalue weighted by atomic mass is 16.2. The first kappa shape index (κ1) is 26.5. The number of likely N-dealkylation sites (tertiary alicyclic amines) is 1. The molecule has 0 aromatic heterocycles. The summed E-state index contributed by atoms with van der Waals surface area (Å²) in [6.07, 6.45) is 16.5. The Bertz CT molecular complexity index is 763. The van der Waals surface area contributed by atoms with Crippen LogP contribution < -0.4 is 4.90 Å². The number of hydrogen-bond acceptors (Lipinski definition) is 3. The summed E-state index contributed by atoms with van der Waals surface area (Å²) in [6.45, 7) is 10.9. The summed E-state index contributed by atoms with van der Waals surface area (Å²) in [5, 5.41) is 0. The highest BCUT2D eigenvalue weighted by Crippen LogP contribution is 2.41. The minimum atomic E-state index is -0.339. The normalized spacial score (nSPS) is 25.2. The van der Waals surface area contributed by atoms with Gasteiger partial charge in [0.25, 0.3) is 0 Å². The first-order valence-corrected chi connectivity index (χ1v) is 14.9. The molecule has 1 aliphatic carbocycles. The monoisotopic (exact) mass is 481 g/mol. The number of nitrogens with zero attached hydrogens (tertiary/aromatic N) is 3. The van der Waals surface area contributed by atoms with Crippen molar-refractivity contribution in [3.8, 4) is 0 Å². The van der Waals surface area contributed by atoms with E-state index in [2.05, 4.69) is 65.8 Å². The second-order valence-corrected chi connectivity index (χ2v) is 12.0. The fraction of sp³-hybridized carbons (Fsp3) is 0.774. The number of unbranched alkanes of at least 4 members (excludes halogenated alkanes) is 6. The van der Waals surface area contributed by atoms with E-state index >= 15 is 0 Å². The van der Waals surface area contributed by atoms with Crippen LogP contribution in [0.4, 0.5) is 5.69 Å². The summed E-state index contributed by atoms with van der Waals surface area (Å²) >= 11 is 0. The average molecular weight is 482 g/mol. The Morgan fingerprint density at radius 3 is 2.14 bits per heavy atom. The van der Waals surface area contributed by atoms with Gasteiger partial charge in [-0.1, -0.05) is 77.5 Å². The maximum absolute atomic E-state index is 13.9. The van der Waals surface area contributed by atoms with E-state index in [1.165, 1.54) is 69.9 Å². The topological polar surface area (TPSA) is 26.8 Å². The van der Waals surface area contributed by atoms with Crippen LogP contribution in [0.25, 0.3) is 0 Å². The zero-order chi connectivity index (χ0) is 24.7. The molecule has 1 spiro atoms. The van der Waals surface area contributed by atoms with Gasteiger partial charge in [0, 0.05) is 31.4 Å². The molecule has 196 valence electrons. The van der Waals surface area contributed by atoms with Crippen LogP contribution in [-0.2, 0) is 4.79 Å². The lowest BCUT2D eigenvalue weighted by Gasteiger charge is -2.47. The van der Waals surface area contributed by atoms with Gasteiger partial charge in [-0.2, -0.15) is 0 Å². The van der Waals surface area contributed by atoms with Crippen LogP contribution in [0.3, 0.4) is 0 Å². The standard InChI is InChI=1S/C31H51N3O/c1-4-5-6-7-8-9-13-22-33-25-34(29-14-11-10-12-15-29)31(30(33)35)20-23-32(24-21-31)28-18-16-27(17-19-28)26(2)3/h10-12,14-15,26-28H,4-9,13,16-25H2,1-3H3. The maximum Gasteiger partial charge on any atom is 0.250 e. The highest BCUT2D eigenvalue weighted by molar-refractivity contribution is 5.93. The number of para-hydroxylation sites is 1. The fourth-order valence-corrected chi connectivity index (χ4v) is 7.03. The van der Waals surface area contributed by atoms with Gasteiger partial charge in [-0.15, -0.1) is 0 Å². The molecule has 3 fully saturated rings. The van der Waals surface area contributed by atoms with Crippen molar-refractivity contribution in [3.63, 3.8) is 0 Å². The van der Waals surface area contributed by atoms with Gasteiger partial charge in [0.15, 0.2) is 0 Å². The Labute approximate surface area is 215 Å². The van der Waals surface area contributed by atoms with Gasteiger partial charge < -0.3 is 14.7 Å². The third kappa shape index (κ3) is 6.24. The lowest BCUT2D eigenvalue weighted by molar-refractivity contribution is -0.134. The van der Waals surface area contributed by atoms with Crippen LogP contribution >= 0.6 is 0 Å². The zero-order valence-electron chi connectivity index (χ0n) is 22.9. The number of rotatable bonds is 11. The number of amides is 1. The third-order valence-corrected chi connectivity index (χ3v) is 9.44. The van der Waals surface area contributed by atoms with Gasteiger partial charge in [-0.3, -0.25) is 4.79 Å². The van der Waals surface area contributed by atoms with Crippen molar-refractivity contribution in [2.45, 2.75) is 116 Å². The molecular formula is C31H51N3O. The van der Waals surface area contributed by atoms with Crippen LogP contribution in [0.15, 0.2) is 30.3 Å². The average Bonchev–Trinajstić information content (AvgIpc) is 3.15. The van der Waals surface area contributed by atoms with Gasteiger partial charge >= 0.3 is 0 Å².